The number of carbonyl (C=O) groups excluding carboxylic acids is 1. The Morgan fingerprint density at radius 3 is 2.79 bits per heavy atom. The predicted octanol–water partition coefficient (Wildman–Crippen LogP) is 4.34. The van der Waals surface area contributed by atoms with Gasteiger partial charge in [0, 0.05) is 24.7 Å². The van der Waals surface area contributed by atoms with E-state index in [0.717, 1.165) is 15.9 Å². The molecule has 2 atom stereocenters. The van der Waals surface area contributed by atoms with Crippen molar-refractivity contribution in [1.29, 1.82) is 0 Å². The van der Waals surface area contributed by atoms with Crippen LogP contribution in [0.4, 0.5) is 24.7 Å². The van der Waals surface area contributed by atoms with Crippen LogP contribution in [0.2, 0.25) is 0 Å². The molecular weight excluding hydrogens is 385 g/mol. The number of hydrogen-bond donors (Lipinski definition) is 1. The molecule has 29 heavy (non-hydrogen) atoms. The van der Waals surface area contributed by atoms with Gasteiger partial charge in [-0.05, 0) is 30.2 Å². The van der Waals surface area contributed by atoms with Crippen LogP contribution in [0.3, 0.4) is 0 Å². The lowest BCUT2D eigenvalue weighted by molar-refractivity contribution is -0.174. The van der Waals surface area contributed by atoms with Gasteiger partial charge < -0.3 is 14.6 Å². The lowest BCUT2D eigenvalue weighted by Gasteiger charge is -2.32. The van der Waals surface area contributed by atoms with Crippen molar-refractivity contribution in [2.24, 2.45) is 0 Å². The summed E-state index contributed by atoms with van der Waals surface area (Å²) in [5, 5.41) is 7.07. The Kier molecular flexibility index (Phi) is 3.94. The van der Waals surface area contributed by atoms with E-state index in [1.165, 1.54) is 12.3 Å². The molecular formula is C20H17F3N4O2. The number of benzene rings is 1. The van der Waals surface area contributed by atoms with Gasteiger partial charge in [-0.2, -0.15) is 18.3 Å². The molecule has 0 spiro atoms. The van der Waals surface area contributed by atoms with E-state index >= 15 is 0 Å². The van der Waals surface area contributed by atoms with Crippen molar-refractivity contribution >= 4 is 17.4 Å². The molecule has 0 saturated carbocycles. The summed E-state index contributed by atoms with van der Waals surface area (Å²) in [7, 11) is 0. The highest BCUT2D eigenvalue weighted by Crippen LogP contribution is 2.44. The topological polar surface area (TPSA) is 63.3 Å². The van der Waals surface area contributed by atoms with Crippen LogP contribution < -0.4 is 10.2 Å². The first-order chi connectivity index (χ1) is 13.9. The van der Waals surface area contributed by atoms with E-state index in [4.69, 9.17) is 4.42 Å². The van der Waals surface area contributed by atoms with Crippen LogP contribution in [0.15, 0.2) is 53.1 Å². The molecule has 1 amide bonds. The molecule has 0 fully saturated rings. The predicted molar refractivity (Wildman–Crippen MR) is 98.8 cm³/mol. The fourth-order valence-electron chi connectivity index (χ4n) is 4.04. The van der Waals surface area contributed by atoms with Crippen LogP contribution >= 0.6 is 0 Å². The Morgan fingerprint density at radius 2 is 2.03 bits per heavy atom. The third kappa shape index (κ3) is 2.97. The quantitative estimate of drug-likeness (QED) is 0.693. The Labute approximate surface area is 163 Å². The van der Waals surface area contributed by atoms with E-state index < -0.39 is 24.2 Å². The molecule has 9 heteroatoms. The van der Waals surface area contributed by atoms with Crippen molar-refractivity contribution in [3.63, 3.8) is 0 Å². The number of furan rings is 1. The summed E-state index contributed by atoms with van der Waals surface area (Å²) in [6.07, 6.45) is -2.65. The van der Waals surface area contributed by atoms with E-state index in [1.54, 1.807) is 17.0 Å². The maximum atomic E-state index is 13.7. The number of nitrogens with zero attached hydrogens (tertiary/aromatic N) is 3. The van der Waals surface area contributed by atoms with Crippen molar-refractivity contribution in [3.05, 3.63) is 65.7 Å². The minimum atomic E-state index is -4.51. The number of alkyl halides is 3. The van der Waals surface area contributed by atoms with Gasteiger partial charge in [0.2, 0.25) is 0 Å². The summed E-state index contributed by atoms with van der Waals surface area (Å²) in [6.45, 7) is 0.478. The summed E-state index contributed by atoms with van der Waals surface area (Å²) in [6, 6.07) is 9.65. The number of fused-ring (bicyclic) bond motifs is 2. The van der Waals surface area contributed by atoms with Gasteiger partial charge >= 0.3 is 6.18 Å². The SMILES string of the molecule is O=C(c1cc2n(n1)[C@@H](C(F)(F)F)C[C@@H](c1ccco1)N2)N1CCc2ccccc21. The van der Waals surface area contributed by atoms with Crippen molar-refractivity contribution < 1.29 is 22.4 Å². The summed E-state index contributed by atoms with van der Waals surface area (Å²) in [4.78, 5) is 14.6. The Morgan fingerprint density at radius 1 is 1.21 bits per heavy atom. The number of carbonyl (C=O) groups is 1. The highest BCUT2D eigenvalue weighted by atomic mass is 19.4. The first-order valence-electron chi connectivity index (χ1n) is 9.28. The lowest BCUT2D eigenvalue weighted by atomic mass is 10.0. The van der Waals surface area contributed by atoms with Gasteiger partial charge in [-0.15, -0.1) is 0 Å². The first kappa shape index (κ1) is 17.8. The molecule has 3 aromatic rings. The number of rotatable bonds is 2. The average Bonchev–Trinajstić information content (AvgIpc) is 3.44. The number of amides is 1. The maximum absolute atomic E-state index is 13.7. The zero-order valence-corrected chi connectivity index (χ0v) is 15.2. The van der Waals surface area contributed by atoms with Gasteiger partial charge in [0.1, 0.15) is 11.6 Å². The summed E-state index contributed by atoms with van der Waals surface area (Å²) in [5.74, 6) is 0.151. The molecule has 1 aromatic carbocycles. The molecule has 4 heterocycles. The highest BCUT2D eigenvalue weighted by Gasteiger charge is 2.47. The molecule has 5 rings (SSSR count). The number of para-hydroxylation sites is 1. The Hall–Kier alpha value is -3.23. The van der Waals surface area contributed by atoms with Gasteiger partial charge in [-0.1, -0.05) is 18.2 Å². The van der Waals surface area contributed by atoms with Gasteiger partial charge in [0.25, 0.3) is 5.91 Å². The normalized spacial score (nSPS) is 20.9. The second-order valence-electron chi connectivity index (χ2n) is 7.20. The molecule has 2 aliphatic heterocycles. The highest BCUT2D eigenvalue weighted by molar-refractivity contribution is 6.06. The summed E-state index contributed by atoms with van der Waals surface area (Å²) >= 11 is 0. The molecule has 0 radical (unpaired) electrons. The van der Waals surface area contributed by atoms with Crippen LogP contribution in [0, 0.1) is 0 Å². The van der Waals surface area contributed by atoms with Gasteiger partial charge in [0.05, 0.1) is 12.3 Å². The average molecular weight is 402 g/mol. The van der Waals surface area contributed by atoms with Gasteiger partial charge in [-0.3, -0.25) is 4.79 Å². The zero-order valence-electron chi connectivity index (χ0n) is 15.2. The monoisotopic (exact) mass is 402 g/mol. The summed E-state index contributed by atoms with van der Waals surface area (Å²) < 4.78 is 47.3. The van der Waals surface area contributed by atoms with Crippen LogP contribution in [0.5, 0.6) is 0 Å². The van der Waals surface area contributed by atoms with Crippen LogP contribution in [-0.2, 0) is 6.42 Å². The number of halogens is 3. The molecule has 6 nitrogen and oxygen atoms in total. The number of anilines is 2. The number of aromatic nitrogens is 2. The Balaban J connectivity index is 1.50. The van der Waals surface area contributed by atoms with Crippen molar-refractivity contribution in [2.45, 2.75) is 31.1 Å². The molecule has 0 unspecified atom stereocenters. The third-order valence-corrected chi connectivity index (χ3v) is 5.43. The van der Waals surface area contributed by atoms with E-state index in [9.17, 15) is 18.0 Å². The van der Waals surface area contributed by atoms with Gasteiger partial charge in [-0.25, -0.2) is 4.68 Å². The van der Waals surface area contributed by atoms with E-state index in [0.29, 0.717) is 18.7 Å². The van der Waals surface area contributed by atoms with Crippen LogP contribution in [0.25, 0.3) is 0 Å². The lowest BCUT2D eigenvalue weighted by Crippen LogP contribution is -2.35. The molecule has 2 aromatic heterocycles. The molecule has 2 aliphatic rings. The third-order valence-electron chi connectivity index (χ3n) is 5.43. The Bertz CT molecular complexity index is 1060. The molecule has 0 aliphatic carbocycles. The van der Waals surface area contributed by atoms with E-state index in [1.807, 2.05) is 24.3 Å². The maximum Gasteiger partial charge on any atom is 0.410 e. The largest absolute Gasteiger partial charge is 0.467 e. The fraction of sp³-hybridized carbons (Fsp3) is 0.300. The molecule has 150 valence electrons. The minimum absolute atomic E-state index is 0.0152. The van der Waals surface area contributed by atoms with Crippen molar-refractivity contribution in [2.75, 3.05) is 16.8 Å². The standard InChI is InChI=1S/C20H17F3N4O2/c21-20(22,23)17-10-13(16-6-3-9-29-16)24-18-11-14(25-27(17)18)19(28)26-8-7-12-4-1-2-5-15(12)26/h1-6,9,11,13,17,24H,7-8,10H2/t13-,17+/m0/s1. The summed E-state index contributed by atoms with van der Waals surface area (Å²) in [5.41, 5.74) is 1.80. The van der Waals surface area contributed by atoms with Crippen LogP contribution in [-0.4, -0.2) is 28.4 Å². The van der Waals surface area contributed by atoms with Crippen LogP contribution in [0.1, 0.15) is 40.3 Å². The smallest absolute Gasteiger partial charge is 0.410 e. The number of nitrogens with one attached hydrogen (secondary N) is 1. The molecule has 1 N–H and O–H groups in total. The minimum Gasteiger partial charge on any atom is -0.467 e. The molecule has 0 saturated heterocycles. The van der Waals surface area contributed by atoms with Crippen molar-refractivity contribution in [3.8, 4) is 0 Å². The molecule has 0 bridgehead atoms. The second-order valence-corrected chi connectivity index (χ2v) is 7.20. The second kappa shape index (κ2) is 6.40. The first-order valence-corrected chi connectivity index (χ1v) is 9.28. The number of hydrogen-bond acceptors (Lipinski definition) is 4. The van der Waals surface area contributed by atoms with E-state index in [2.05, 4.69) is 10.4 Å². The van der Waals surface area contributed by atoms with E-state index in [-0.39, 0.29) is 17.9 Å². The fourth-order valence-corrected chi connectivity index (χ4v) is 4.04. The zero-order chi connectivity index (χ0) is 20.2. The van der Waals surface area contributed by atoms with Gasteiger partial charge in [0.15, 0.2) is 11.7 Å². The van der Waals surface area contributed by atoms with Crippen molar-refractivity contribution in [1.82, 2.24) is 9.78 Å².